The molecule has 0 amide bonds. The SMILES string of the molecule is CC(C)c1cc(F)cc(CNCC2CCOCC2)c1. The normalized spacial score (nSPS) is 17.1. The van der Waals surface area contributed by atoms with Crippen LogP contribution in [0, 0.1) is 11.7 Å². The maximum atomic E-state index is 13.5. The minimum absolute atomic E-state index is 0.130. The van der Waals surface area contributed by atoms with Gasteiger partial charge in [-0.15, -0.1) is 0 Å². The van der Waals surface area contributed by atoms with Crippen LogP contribution in [0.2, 0.25) is 0 Å². The summed E-state index contributed by atoms with van der Waals surface area (Å²) in [5.41, 5.74) is 2.11. The molecule has 0 saturated carbocycles. The molecule has 0 aromatic heterocycles. The first kappa shape index (κ1) is 14.5. The van der Waals surface area contributed by atoms with E-state index in [1.807, 2.05) is 0 Å². The van der Waals surface area contributed by atoms with Crippen LogP contribution in [0.15, 0.2) is 18.2 Å². The highest BCUT2D eigenvalue weighted by Crippen LogP contribution is 2.18. The van der Waals surface area contributed by atoms with Crippen molar-refractivity contribution >= 4 is 0 Å². The molecule has 0 radical (unpaired) electrons. The van der Waals surface area contributed by atoms with Crippen LogP contribution in [0.25, 0.3) is 0 Å². The second kappa shape index (κ2) is 7.01. The molecule has 1 N–H and O–H groups in total. The van der Waals surface area contributed by atoms with Crippen molar-refractivity contribution in [2.45, 2.75) is 39.2 Å². The van der Waals surface area contributed by atoms with Gasteiger partial charge in [-0.25, -0.2) is 4.39 Å². The molecule has 0 atom stereocenters. The molecule has 1 aliphatic rings. The van der Waals surface area contributed by atoms with Gasteiger partial charge in [0.15, 0.2) is 0 Å². The standard InChI is InChI=1S/C16H24FNO/c1-12(2)15-7-14(8-16(17)9-15)11-18-10-13-3-5-19-6-4-13/h7-9,12-13,18H,3-6,10-11H2,1-2H3. The predicted molar refractivity (Wildman–Crippen MR) is 75.7 cm³/mol. The topological polar surface area (TPSA) is 21.3 Å². The first-order chi connectivity index (χ1) is 9.15. The molecular formula is C16H24FNO. The van der Waals surface area contributed by atoms with Gasteiger partial charge in [-0.2, -0.15) is 0 Å². The van der Waals surface area contributed by atoms with Crippen LogP contribution in [-0.4, -0.2) is 19.8 Å². The molecule has 0 unspecified atom stereocenters. The van der Waals surface area contributed by atoms with Crippen LogP contribution < -0.4 is 5.32 Å². The van der Waals surface area contributed by atoms with Crippen molar-refractivity contribution in [1.82, 2.24) is 5.32 Å². The van der Waals surface area contributed by atoms with Gasteiger partial charge >= 0.3 is 0 Å². The van der Waals surface area contributed by atoms with E-state index >= 15 is 0 Å². The first-order valence-electron chi connectivity index (χ1n) is 7.23. The number of ether oxygens (including phenoxy) is 1. The first-order valence-corrected chi connectivity index (χ1v) is 7.23. The van der Waals surface area contributed by atoms with E-state index < -0.39 is 0 Å². The minimum atomic E-state index is -0.130. The maximum Gasteiger partial charge on any atom is 0.123 e. The Hall–Kier alpha value is -0.930. The lowest BCUT2D eigenvalue weighted by molar-refractivity contribution is 0.0662. The van der Waals surface area contributed by atoms with Crippen molar-refractivity contribution < 1.29 is 9.13 Å². The van der Waals surface area contributed by atoms with Crippen molar-refractivity contribution in [1.29, 1.82) is 0 Å². The number of hydrogen-bond acceptors (Lipinski definition) is 2. The second-order valence-electron chi connectivity index (χ2n) is 5.73. The molecule has 1 aromatic rings. The average molecular weight is 265 g/mol. The molecule has 1 saturated heterocycles. The Morgan fingerprint density at radius 1 is 1.26 bits per heavy atom. The summed E-state index contributed by atoms with van der Waals surface area (Å²) in [5.74, 6) is 0.936. The Kier molecular flexibility index (Phi) is 5.34. The Labute approximate surface area is 115 Å². The van der Waals surface area contributed by atoms with Gasteiger partial charge < -0.3 is 10.1 Å². The molecule has 2 rings (SSSR count). The van der Waals surface area contributed by atoms with Crippen LogP contribution in [0.1, 0.15) is 43.7 Å². The highest BCUT2D eigenvalue weighted by Gasteiger charge is 2.13. The molecule has 3 heteroatoms. The lowest BCUT2D eigenvalue weighted by Crippen LogP contribution is -2.27. The predicted octanol–water partition coefficient (Wildman–Crippen LogP) is 3.47. The molecule has 1 aromatic carbocycles. The fourth-order valence-electron chi connectivity index (χ4n) is 2.48. The Morgan fingerprint density at radius 3 is 2.68 bits per heavy atom. The van der Waals surface area contributed by atoms with Crippen LogP contribution in [0.4, 0.5) is 4.39 Å². The lowest BCUT2D eigenvalue weighted by Gasteiger charge is -2.22. The monoisotopic (exact) mass is 265 g/mol. The summed E-state index contributed by atoms with van der Waals surface area (Å²) in [6, 6.07) is 5.36. The number of rotatable bonds is 5. The van der Waals surface area contributed by atoms with Gasteiger partial charge in [-0.3, -0.25) is 0 Å². The van der Waals surface area contributed by atoms with E-state index in [-0.39, 0.29) is 5.82 Å². The zero-order valence-electron chi connectivity index (χ0n) is 11.9. The zero-order chi connectivity index (χ0) is 13.7. The Morgan fingerprint density at radius 2 is 2.00 bits per heavy atom. The minimum Gasteiger partial charge on any atom is -0.381 e. The average Bonchev–Trinajstić information content (AvgIpc) is 2.39. The molecule has 19 heavy (non-hydrogen) atoms. The van der Waals surface area contributed by atoms with E-state index in [1.54, 1.807) is 12.1 Å². The van der Waals surface area contributed by atoms with Crippen LogP contribution in [-0.2, 0) is 11.3 Å². The summed E-state index contributed by atoms with van der Waals surface area (Å²) in [6.45, 7) is 7.68. The molecule has 1 aliphatic heterocycles. The summed E-state index contributed by atoms with van der Waals surface area (Å²) in [6.07, 6.45) is 2.26. The highest BCUT2D eigenvalue weighted by atomic mass is 19.1. The van der Waals surface area contributed by atoms with Gasteiger partial charge in [0, 0.05) is 19.8 Å². The molecule has 2 nitrogen and oxygen atoms in total. The number of halogens is 1. The summed E-state index contributed by atoms with van der Waals surface area (Å²) in [4.78, 5) is 0. The Balaban J connectivity index is 1.84. The van der Waals surface area contributed by atoms with E-state index in [1.165, 1.54) is 0 Å². The van der Waals surface area contributed by atoms with E-state index in [0.29, 0.717) is 11.8 Å². The summed E-state index contributed by atoms with van der Waals surface area (Å²) < 4.78 is 18.9. The van der Waals surface area contributed by atoms with Gasteiger partial charge in [0.2, 0.25) is 0 Å². The molecule has 1 fully saturated rings. The third-order valence-corrected chi connectivity index (χ3v) is 3.75. The second-order valence-corrected chi connectivity index (χ2v) is 5.73. The van der Waals surface area contributed by atoms with Crippen molar-refractivity contribution in [3.8, 4) is 0 Å². The largest absolute Gasteiger partial charge is 0.381 e. The molecule has 0 aliphatic carbocycles. The lowest BCUT2D eigenvalue weighted by atomic mass is 9.99. The quantitative estimate of drug-likeness (QED) is 0.880. The van der Waals surface area contributed by atoms with Crippen LogP contribution in [0.3, 0.4) is 0 Å². The molecule has 0 bridgehead atoms. The fraction of sp³-hybridized carbons (Fsp3) is 0.625. The van der Waals surface area contributed by atoms with Gasteiger partial charge in [-0.05, 0) is 54.5 Å². The smallest absolute Gasteiger partial charge is 0.123 e. The molecule has 0 spiro atoms. The third kappa shape index (κ3) is 4.59. The summed E-state index contributed by atoms with van der Waals surface area (Å²) in [7, 11) is 0. The zero-order valence-corrected chi connectivity index (χ0v) is 11.9. The van der Waals surface area contributed by atoms with Crippen LogP contribution >= 0.6 is 0 Å². The van der Waals surface area contributed by atoms with E-state index in [9.17, 15) is 4.39 Å². The third-order valence-electron chi connectivity index (χ3n) is 3.75. The van der Waals surface area contributed by atoms with Gasteiger partial charge in [-0.1, -0.05) is 19.9 Å². The van der Waals surface area contributed by atoms with E-state index in [4.69, 9.17) is 4.74 Å². The van der Waals surface area contributed by atoms with Gasteiger partial charge in [0.1, 0.15) is 5.82 Å². The van der Waals surface area contributed by atoms with Crippen molar-refractivity contribution in [3.63, 3.8) is 0 Å². The van der Waals surface area contributed by atoms with E-state index in [0.717, 1.165) is 50.3 Å². The fourth-order valence-corrected chi connectivity index (χ4v) is 2.48. The van der Waals surface area contributed by atoms with E-state index in [2.05, 4.69) is 25.2 Å². The molecular weight excluding hydrogens is 241 g/mol. The number of nitrogens with one attached hydrogen (secondary N) is 1. The highest BCUT2D eigenvalue weighted by molar-refractivity contribution is 5.26. The van der Waals surface area contributed by atoms with Gasteiger partial charge in [0.05, 0.1) is 0 Å². The Bertz CT molecular complexity index is 400. The summed E-state index contributed by atoms with van der Waals surface area (Å²) in [5, 5.41) is 3.44. The van der Waals surface area contributed by atoms with Gasteiger partial charge in [0.25, 0.3) is 0 Å². The number of benzene rings is 1. The van der Waals surface area contributed by atoms with Crippen molar-refractivity contribution in [2.75, 3.05) is 19.8 Å². The van der Waals surface area contributed by atoms with Crippen LogP contribution in [0.5, 0.6) is 0 Å². The van der Waals surface area contributed by atoms with Crippen molar-refractivity contribution in [2.24, 2.45) is 5.92 Å². The van der Waals surface area contributed by atoms with Crippen molar-refractivity contribution in [3.05, 3.63) is 35.1 Å². The maximum absolute atomic E-state index is 13.5. The summed E-state index contributed by atoms with van der Waals surface area (Å²) >= 11 is 0. The number of hydrogen-bond donors (Lipinski definition) is 1. The molecule has 1 heterocycles. The molecule has 106 valence electrons.